The van der Waals surface area contributed by atoms with Crippen LogP contribution < -0.4 is 0 Å². The summed E-state index contributed by atoms with van der Waals surface area (Å²) in [5.41, 5.74) is 7.68. The van der Waals surface area contributed by atoms with E-state index < -0.39 is 0 Å². The fraction of sp³-hybridized carbons (Fsp3) is 1.00. The zero-order valence-electron chi connectivity index (χ0n) is 4.32. The minimum Gasteiger partial charge on any atom is -0.394 e. The number of rotatable bonds is 4. The van der Waals surface area contributed by atoms with Crippen LogP contribution in [0.1, 0.15) is 0 Å². The van der Waals surface area contributed by atoms with Crippen molar-refractivity contribution in [1.82, 2.24) is 0 Å². The molecule has 0 amide bonds. The van der Waals surface area contributed by atoms with Crippen LogP contribution in [0.2, 0.25) is 0 Å². The molecule has 0 heterocycles. The van der Waals surface area contributed by atoms with Crippen LogP contribution in [0.3, 0.4) is 0 Å². The molecule has 8 heavy (non-hydrogen) atoms. The first kappa shape index (κ1) is 7.23. The molecule has 0 rings (SSSR count). The molecule has 0 aliphatic rings. The predicted octanol–water partition coefficient (Wildman–Crippen LogP) is 0.263. The van der Waals surface area contributed by atoms with Gasteiger partial charge in [-0.25, -0.2) is 0 Å². The van der Waals surface area contributed by atoms with Gasteiger partial charge in [0.15, 0.2) is 0 Å². The number of nitrogens with zero attached hydrogens (tertiary/aromatic N) is 3. The van der Waals surface area contributed by atoms with Crippen LogP contribution in [0.25, 0.3) is 10.4 Å². The largest absolute Gasteiger partial charge is 0.394 e. The lowest BCUT2D eigenvalue weighted by molar-refractivity contribution is 0.0971. The summed E-state index contributed by atoms with van der Waals surface area (Å²) in [5, 5.41) is 11.2. The summed E-state index contributed by atoms with van der Waals surface area (Å²) >= 11 is 0. The van der Waals surface area contributed by atoms with Crippen LogP contribution >= 0.6 is 0 Å². The van der Waals surface area contributed by atoms with Gasteiger partial charge in [0.05, 0.1) is 13.2 Å². The van der Waals surface area contributed by atoms with Crippen molar-refractivity contribution in [3.63, 3.8) is 0 Å². The zero-order chi connectivity index (χ0) is 6.24. The van der Waals surface area contributed by atoms with Crippen molar-refractivity contribution in [2.45, 2.75) is 0 Å². The molecule has 5 nitrogen and oxygen atoms in total. The highest BCUT2D eigenvalue weighted by atomic mass is 16.5. The third-order valence-corrected chi connectivity index (χ3v) is 0.448. The Balaban J connectivity index is 2.82. The summed E-state index contributed by atoms with van der Waals surface area (Å²) in [7, 11) is 0. The summed E-state index contributed by atoms with van der Waals surface area (Å²) < 4.78 is 4.55. The van der Waals surface area contributed by atoms with Gasteiger partial charge in [0, 0.05) is 4.91 Å². The van der Waals surface area contributed by atoms with Gasteiger partial charge in [-0.3, -0.25) is 0 Å². The normalized spacial score (nSPS) is 8.12. The van der Waals surface area contributed by atoms with Gasteiger partial charge in [0.2, 0.25) is 0 Å². The van der Waals surface area contributed by atoms with E-state index in [2.05, 4.69) is 14.8 Å². The molecule has 0 fully saturated rings. The zero-order valence-corrected chi connectivity index (χ0v) is 4.32. The second-order valence-corrected chi connectivity index (χ2v) is 0.992. The topological polar surface area (TPSA) is 78.2 Å². The first-order valence-corrected chi connectivity index (χ1v) is 2.11. The Morgan fingerprint density at radius 3 is 3.00 bits per heavy atom. The van der Waals surface area contributed by atoms with E-state index in [4.69, 9.17) is 10.6 Å². The summed E-state index contributed by atoms with van der Waals surface area (Å²) in [6.45, 7) is 0.178. The molecule has 0 atom stereocenters. The van der Waals surface area contributed by atoms with E-state index in [1.807, 2.05) is 0 Å². The predicted molar refractivity (Wildman–Crippen MR) is 27.1 cm³/mol. The maximum Gasteiger partial charge on any atom is 0.126 e. The fourth-order valence-electron chi connectivity index (χ4n) is 0.196. The van der Waals surface area contributed by atoms with Gasteiger partial charge < -0.3 is 9.84 Å². The molecule has 0 aromatic heterocycles. The van der Waals surface area contributed by atoms with Gasteiger partial charge in [-0.2, -0.15) is 0 Å². The summed E-state index contributed by atoms with van der Waals surface area (Å²) in [6, 6.07) is 0. The molecule has 0 saturated carbocycles. The highest BCUT2D eigenvalue weighted by molar-refractivity contribution is 4.35. The van der Waals surface area contributed by atoms with E-state index in [9.17, 15) is 0 Å². The van der Waals surface area contributed by atoms with Crippen molar-refractivity contribution >= 4 is 0 Å². The number of aliphatic hydroxyl groups excluding tert-OH is 1. The molecule has 0 radical (unpaired) electrons. The lowest BCUT2D eigenvalue weighted by Crippen LogP contribution is -1.97. The Morgan fingerprint density at radius 1 is 1.75 bits per heavy atom. The Morgan fingerprint density at radius 2 is 2.50 bits per heavy atom. The van der Waals surface area contributed by atoms with Gasteiger partial charge in [-0.15, -0.1) is 0 Å². The molecule has 0 spiro atoms. The Bertz CT molecular complexity index is 88.5. The third kappa shape index (κ3) is 5.23. The van der Waals surface area contributed by atoms with Gasteiger partial charge in [0.25, 0.3) is 0 Å². The number of azide groups is 1. The standard InChI is InChI=1S/C3H7N3O2/c4-6-5-3-8-2-1-7/h7H,1-3H2. The molecule has 0 aromatic carbocycles. The summed E-state index contributed by atoms with van der Waals surface area (Å²) in [5.74, 6) is 0. The van der Waals surface area contributed by atoms with Crippen LogP contribution in [0.15, 0.2) is 5.11 Å². The highest BCUT2D eigenvalue weighted by Crippen LogP contribution is 1.73. The molecule has 0 aliphatic heterocycles. The molecule has 0 unspecified atom stereocenters. The Kier molecular flexibility index (Phi) is 5.63. The Hall–Kier alpha value is -0.770. The third-order valence-electron chi connectivity index (χ3n) is 0.448. The fourth-order valence-corrected chi connectivity index (χ4v) is 0.196. The lowest BCUT2D eigenvalue weighted by atomic mass is 10.8. The molecular weight excluding hydrogens is 110 g/mol. The van der Waals surface area contributed by atoms with Crippen LogP contribution in [0.4, 0.5) is 0 Å². The van der Waals surface area contributed by atoms with E-state index in [1.165, 1.54) is 0 Å². The smallest absolute Gasteiger partial charge is 0.126 e. The van der Waals surface area contributed by atoms with Crippen molar-refractivity contribution in [2.24, 2.45) is 5.11 Å². The summed E-state index contributed by atoms with van der Waals surface area (Å²) in [4.78, 5) is 2.43. The molecule has 0 bridgehead atoms. The van der Waals surface area contributed by atoms with Gasteiger partial charge in [-0.05, 0) is 5.53 Å². The summed E-state index contributed by atoms with van der Waals surface area (Å²) in [6.07, 6.45) is 0. The molecule has 0 aromatic rings. The van der Waals surface area contributed by atoms with Crippen LogP contribution in [0.5, 0.6) is 0 Å². The van der Waals surface area contributed by atoms with Crippen molar-refractivity contribution < 1.29 is 9.84 Å². The van der Waals surface area contributed by atoms with E-state index in [0.717, 1.165) is 0 Å². The monoisotopic (exact) mass is 117 g/mol. The second kappa shape index (κ2) is 6.23. The molecule has 46 valence electrons. The van der Waals surface area contributed by atoms with Crippen molar-refractivity contribution in [1.29, 1.82) is 0 Å². The first-order valence-electron chi connectivity index (χ1n) is 2.11. The number of aliphatic hydroxyl groups is 1. The van der Waals surface area contributed by atoms with Crippen molar-refractivity contribution in [3.8, 4) is 0 Å². The maximum absolute atomic E-state index is 8.11. The quantitative estimate of drug-likeness (QED) is 0.248. The first-order chi connectivity index (χ1) is 3.91. The molecule has 1 N–H and O–H groups in total. The molecule has 0 aliphatic carbocycles. The number of hydrogen-bond acceptors (Lipinski definition) is 3. The van der Waals surface area contributed by atoms with Crippen LogP contribution in [0, 0.1) is 0 Å². The average Bonchev–Trinajstić information content (AvgIpc) is 1.81. The minimum atomic E-state index is -0.0407. The highest BCUT2D eigenvalue weighted by Gasteiger charge is 1.77. The van der Waals surface area contributed by atoms with E-state index >= 15 is 0 Å². The van der Waals surface area contributed by atoms with E-state index in [-0.39, 0.29) is 19.9 Å². The molecule has 0 saturated heterocycles. The number of ether oxygens (including phenoxy) is 1. The van der Waals surface area contributed by atoms with Gasteiger partial charge >= 0.3 is 0 Å². The van der Waals surface area contributed by atoms with Gasteiger partial charge in [-0.1, -0.05) is 5.11 Å². The number of hydrogen-bond donors (Lipinski definition) is 1. The lowest BCUT2D eigenvalue weighted by Gasteiger charge is -1.91. The van der Waals surface area contributed by atoms with Crippen molar-refractivity contribution in [3.05, 3.63) is 10.4 Å². The SMILES string of the molecule is [N-]=[N+]=NCOCCO. The van der Waals surface area contributed by atoms with Gasteiger partial charge in [0.1, 0.15) is 6.73 Å². The molecular formula is C3H7N3O2. The maximum atomic E-state index is 8.11. The van der Waals surface area contributed by atoms with Crippen LogP contribution in [-0.4, -0.2) is 25.1 Å². The van der Waals surface area contributed by atoms with Crippen LogP contribution in [-0.2, 0) is 4.74 Å². The molecule has 5 heteroatoms. The average molecular weight is 117 g/mol. The van der Waals surface area contributed by atoms with E-state index in [1.54, 1.807) is 0 Å². The second-order valence-electron chi connectivity index (χ2n) is 0.992. The van der Waals surface area contributed by atoms with Crippen molar-refractivity contribution in [2.75, 3.05) is 19.9 Å². The van der Waals surface area contributed by atoms with E-state index in [0.29, 0.717) is 0 Å². The minimum absolute atomic E-state index is 0.00292. The Labute approximate surface area is 46.5 Å².